The van der Waals surface area contributed by atoms with Crippen LogP contribution in [0.2, 0.25) is 0 Å². The van der Waals surface area contributed by atoms with Gasteiger partial charge >= 0.3 is 0 Å². The summed E-state index contributed by atoms with van der Waals surface area (Å²) in [5.41, 5.74) is 5.91. The highest BCUT2D eigenvalue weighted by molar-refractivity contribution is 6.05. The van der Waals surface area contributed by atoms with Gasteiger partial charge in [-0.25, -0.2) is 4.39 Å². The van der Waals surface area contributed by atoms with E-state index in [0.29, 0.717) is 11.5 Å². The Morgan fingerprint density at radius 1 is 1.39 bits per heavy atom. The summed E-state index contributed by atoms with van der Waals surface area (Å²) in [5, 5.41) is 2.97. The number of benzene rings is 1. The van der Waals surface area contributed by atoms with E-state index in [9.17, 15) is 9.18 Å². The average Bonchev–Trinajstić information content (AvgIpc) is 2.88. The molecule has 1 unspecified atom stereocenters. The molecule has 3 aliphatic rings. The molecule has 5 rings (SSSR count). The standard InChI is InChI=1S/C15H17FN4O2.ClH/c16-9-1-2-11-13(19-15(17)22-11)12(9)14(21)18-10-7-20-5-3-8(10)4-6-20;/h1-2,8,10H,3-7H2,(H2,17,19)(H,18,21);1H. The van der Waals surface area contributed by atoms with Crippen LogP contribution in [0, 0.1) is 11.7 Å². The maximum Gasteiger partial charge on any atom is 0.293 e. The number of anilines is 1. The second kappa shape index (κ2) is 5.98. The Kier molecular flexibility index (Phi) is 4.16. The lowest BCUT2D eigenvalue weighted by Gasteiger charge is -2.44. The lowest BCUT2D eigenvalue weighted by atomic mass is 9.84. The summed E-state index contributed by atoms with van der Waals surface area (Å²) in [7, 11) is 0. The van der Waals surface area contributed by atoms with E-state index in [-0.39, 0.29) is 35.5 Å². The molecule has 2 aromatic rings. The van der Waals surface area contributed by atoms with Crippen LogP contribution in [-0.2, 0) is 0 Å². The van der Waals surface area contributed by atoms with Crippen molar-refractivity contribution >= 4 is 35.4 Å². The van der Waals surface area contributed by atoms with Crippen LogP contribution in [0.4, 0.5) is 10.4 Å². The molecule has 1 amide bonds. The maximum atomic E-state index is 14.1. The second-order valence-electron chi connectivity index (χ2n) is 6.04. The Morgan fingerprint density at radius 3 is 2.78 bits per heavy atom. The minimum atomic E-state index is -0.612. The first-order valence-electron chi connectivity index (χ1n) is 7.49. The number of oxazole rings is 1. The van der Waals surface area contributed by atoms with Crippen molar-refractivity contribution in [1.82, 2.24) is 15.2 Å². The van der Waals surface area contributed by atoms with E-state index in [2.05, 4.69) is 15.2 Å². The molecule has 0 aliphatic carbocycles. The number of nitrogens with zero attached hydrogens (tertiary/aromatic N) is 2. The zero-order valence-electron chi connectivity index (χ0n) is 12.4. The number of aromatic nitrogens is 1. The van der Waals surface area contributed by atoms with E-state index in [4.69, 9.17) is 10.2 Å². The summed E-state index contributed by atoms with van der Waals surface area (Å²) in [4.78, 5) is 18.8. The lowest BCUT2D eigenvalue weighted by Crippen LogP contribution is -2.57. The number of rotatable bonds is 2. The molecule has 3 N–H and O–H groups in total. The number of fused-ring (bicyclic) bond motifs is 4. The molecule has 0 radical (unpaired) electrons. The number of nitrogen functional groups attached to an aromatic ring is 1. The summed E-state index contributed by atoms with van der Waals surface area (Å²) in [6.45, 7) is 3.00. The number of carbonyl (C=O) groups excluding carboxylic acids is 1. The number of nitrogens with one attached hydrogen (secondary N) is 1. The predicted octanol–water partition coefficient (Wildman–Crippen LogP) is 1.79. The lowest BCUT2D eigenvalue weighted by molar-refractivity contribution is 0.0619. The number of hydrogen-bond donors (Lipinski definition) is 2. The van der Waals surface area contributed by atoms with Crippen molar-refractivity contribution in [3.8, 4) is 0 Å². The van der Waals surface area contributed by atoms with Gasteiger partial charge < -0.3 is 20.4 Å². The number of carbonyl (C=O) groups is 1. The molecular formula is C15H18ClFN4O2. The van der Waals surface area contributed by atoms with Gasteiger partial charge in [-0.1, -0.05) is 0 Å². The number of hydrogen-bond acceptors (Lipinski definition) is 5. The van der Waals surface area contributed by atoms with Gasteiger partial charge in [0, 0.05) is 12.6 Å². The third-order valence-corrected chi connectivity index (χ3v) is 4.73. The number of nitrogens with two attached hydrogens (primary N) is 1. The normalized spacial score (nSPS) is 26.0. The van der Waals surface area contributed by atoms with E-state index < -0.39 is 11.7 Å². The van der Waals surface area contributed by atoms with Gasteiger partial charge in [-0.3, -0.25) is 4.79 Å². The highest BCUT2D eigenvalue weighted by Gasteiger charge is 2.35. The average molecular weight is 341 g/mol. The van der Waals surface area contributed by atoms with E-state index in [0.717, 1.165) is 32.5 Å². The van der Waals surface area contributed by atoms with Crippen LogP contribution in [0.15, 0.2) is 16.5 Å². The molecule has 0 spiro atoms. The number of halogens is 2. The smallest absolute Gasteiger partial charge is 0.293 e. The Hall–Kier alpha value is -1.86. The molecular weight excluding hydrogens is 323 g/mol. The van der Waals surface area contributed by atoms with Crippen molar-refractivity contribution in [2.24, 2.45) is 5.92 Å². The van der Waals surface area contributed by atoms with Crippen LogP contribution < -0.4 is 11.1 Å². The van der Waals surface area contributed by atoms with Crippen molar-refractivity contribution in [3.63, 3.8) is 0 Å². The minimum Gasteiger partial charge on any atom is -0.424 e. The van der Waals surface area contributed by atoms with Gasteiger partial charge in [0.2, 0.25) is 0 Å². The third kappa shape index (κ3) is 2.74. The summed E-state index contributed by atoms with van der Waals surface area (Å²) < 4.78 is 19.3. The van der Waals surface area contributed by atoms with Crippen LogP contribution in [0.1, 0.15) is 23.2 Å². The Labute approximate surface area is 138 Å². The van der Waals surface area contributed by atoms with E-state index >= 15 is 0 Å². The molecule has 0 saturated carbocycles. The van der Waals surface area contributed by atoms with Gasteiger partial charge in [0.1, 0.15) is 16.9 Å². The summed E-state index contributed by atoms with van der Waals surface area (Å²) in [6, 6.07) is 2.63. The highest BCUT2D eigenvalue weighted by Crippen LogP contribution is 2.29. The van der Waals surface area contributed by atoms with Gasteiger partial charge in [-0.15, -0.1) is 12.4 Å². The molecule has 124 valence electrons. The van der Waals surface area contributed by atoms with Crippen LogP contribution in [0.3, 0.4) is 0 Å². The maximum absolute atomic E-state index is 14.1. The number of piperidine rings is 3. The topological polar surface area (TPSA) is 84.4 Å². The number of amides is 1. The molecule has 3 fully saturated rings. The molecule has 23 heavy (non-hydrogen) atoms. The zero-order chi connectivity index (χ0) is 15.3. The molecule has 1 atom stereocenters. The second-order valence-corrected chi connectivity index (χ2v) is 6.04. The molecule has 2 bridgehead atoms. The summed E-state index contributed by atoms with van der Waals surface area (Å²) in [5.74, 6) is -0.590. The van der Waals surface area contributed by atoms with Crippen LogP contribution >= 0.6 is 12.4 Å². The van der Waals surface area contributed by atoms with Gasteiger partial charge in [0.25, 0.3) is 11.9 Å². The van der Waals surface area contributed by atoms with Gasteiger partial charge in [-0.2, -0.15) is 4.98 Å². The molecule has 4 heterocycles. The van der Waals surface area contributed by atoms with Crippen molar-refractivity contribution < 1.29 is 13.6 Å². The molecule has 8 heteroatoms. The zero-order valence-corrected chi connectivity index (χ0v) is 13.2. The SMILES string of the molecule is Cl.Nc1nc2c(C(=O)NC3CN4CCC3CC4)c(F)ccc2o1. The Bertz CT molecular complexity index is 742. The highest BCUT2D eigenvalue weighted by atomic mass is 35.5. The molecule has 1 aromatic heterocycles. The van der Waals surface area contributed by atoms with Crippen LogP contribution in [0.5, 0.6) is 0 Å². The van der Waals surface area contributed by atoms with Gasteiger partial charge in [-0.05, 0) is 44.0 Å². The van der Waals surface area contributed by atoms with Crippen molar-refractivity contribution in [2.75, 3.05) is 25.4 Å². The fourth-order valence-electron chi connectivity index (χ4n) is 3.57. The fourth-order valence-corrected chi connectivity index (χ4v) is 3.57. The van der Waals surface area contributed by atoms with E-state index in [1.54, 1.807) is 0 Å². The Balaban J connectivity index is 0.00000156. The largest absolute Gasteiger partial charge is 0.424 e. The van der Waals surface area contributed by atoms with Gasteiger partial charge in [0.05, 0.1) is 0 Å². The molecule has 6 nitrogen and oxygen atoms in total. The molecule has 1 aromatic carbocycles. The first-order chi connectivity index (χ1) is 10.6. The van der Waals surface area contributed by atoms with E-state index in [1.165, 1.54) is 12.1 Å². The Morgan fingerprint density at radius 2 is 2.13 bits per heavy atom. The van der Waals surface area contributed by atoms with Crippen molar-refractivity contribution in [2.45, 2.75) is 18.9 Å². The molecule has 3 aliphatic heterocycles. The van der Waals surface area contributed by atoms with Crippen LogP contribution in [0.25, 0.3) is 11.1 Å². The van der Waals surface area contributed by atoms with E-state index in [1.807, 2.05) is 0 Å². The summed E-state index contributed by atoms with van der Waals surface area (Å²) >= 11 is 0. The quantitative estimate of drug-likeness (QED) is 0.870. The van der Waals surface area contributed by atoms with Gasteiger partial charge in [0.15, 0.2) is 5.58 Å². The monoisotopic (exact) mass is 340 g/mol. The van der Waals surface area contributed by atoms with Crippen LogP contribution in [-0.4, -0.2) is 41.5 Å². The predicted molar refractivity (Wildman–Crippen MR) is 86.0 cm³/mol. The summed E-state index contributed by atoms with van der Waals surface area (Å²) in [6.07, 6.45) is 2.16. The fraction of sp³-hybridized carbons (Fsp3) is 0.467. The third-order valence-electron chi connectivity index (χ3n) is 4.73. The van der Waals surface area contributed by atoms with Crippen molar-refractivity contribution in [1.29, 1.82) is 0 Å². The minimum absolute atomic E-state index is 0. The first-order valence-corrected chi connectivity index (χ1v) is 7.49. The first kappa shape index (κ1) is 16.0. The molecule has 3 saturated heterocycles. The van der Waals surface area contributed by atoms with Crippen molar-refractivity contribution in [3.05, 3.63) is 23.5 Å².